The van der Waals surface area contributed by atoms with Gasteiger partial charge in [-0.05, 0) is 42.5 Å². The van der Waals surface area contributed by atoms with Gasteiger partial charge in [-0.15, -0.1) is 0 Å². The normalized spacial score (nSPS) is 15.7. The quantitative estimate of drug-likeness (QED) is 0.908. The first-order valence-electron chi connectivity index (χ1n) is 6.29. The van der Waals surface area contributed by atoms with Gasteiger partial charge in [-0.2, -0.15) is 0 Å². The summed E-state index contributed by atoms with van der Waals surface area (Å²) in [6.07, 6.45) is 3.14. The fourth-order valence-corrected chi connectivity index (χ4v) is 4.27. The van der Waals surface area contributed by atoms with E-state index in [-0.39, 0.29) is 12.4 Å². The second-order valence-electron chi connectivity index (χ2n) is 5.87. The Morgan fingerprint density at radius 1 is 1.22 bits per heavy atom. The average molecular weight is 268 g/mol. The predicted molar refractivity (Wildman–Crippen MR) is 71.4 cm³/mol. The highest BCUT2D eigenvalue weighted by molar-refractivity contribution is 7.91. The van der Waals surface area contributed by atoms with Gasteiger partial charge in [-0.3, -0.25) is 0 Å². The minimum atomic E-state index is -3.31. The third-order valence-corrected chi connectivity index (χ3v) is 5.57. The summed E-state index contributed by atoms with van der Waals surface area (Å²) in [4.78, 5) is 0.393. The molecule has 0 saturated carbocycles. The van der Waals surface area contributed by atoms with Gasteiger partial charge in [0.15, 0.2) is 9.84 Å². The molecule has 0 atom stereocenters. The van der Waals surface area contributed by atoms with Crippen LogP contribution in [0, 0.1) is 5.41 Å². The largest absolute Gasteiger partial charge is 0.396 e. The van der Waals surface area contributed by atoms with E-state index in [0.717, 1.165) is 24.8 Å². The molecule has 100 valence electrons. The summed E-state index contributed by atoms with van der Waals surface area (Å²) in [5.41, 5.74) is 1.84. The van der Waals surface area contributed by atoms with Crippen molar-refractivity contribution < 1.29 is 13.5 Å². The molecule has 0 aromatic heterocycles. The smallest absolute Gasteiger partial charge is 0.178 e. The van der Waals surface area contributed by atoms with Crippen LogP contribution >= 0.6 is 0 Å². The standard InChI is InChI=1S/C14H20O3S/c1-14(2,9-15)10-18(16,17)13-7-6-11-4-3-5-12(11)8-13/h6-8,15H,3-5,9-10H2,1-2H3. The van der Waals surface area contributed by atoms with Crippen LogP contribution in [-0.4, -0.2) is 25.9 Å². The van der Waals surface area contributed by atoms with Crippen molar-refractivity contribution in [2.24, 2.45) is 5.41 Å². The molecule has 0 saturated heterocycles. The molecular formula is C14H20O3S. The number of rotatable bonds is 4. The van der Waals surface area contributed by atoms with Crippen molar-refractivity contribution in [3.05, 3.63) is 29.3 Å². The molecular weight excluding hydrogens is 248 g/mol. The van der Waals surface area contributed by atoms with Crippen molar-refractivity contribution >= 4 is 9.84 Å². The molecule has 1 aliphatic rings. The Bertz CT molecular complexity index is 544. The lowest BCUT2D eigenvalue weighted by molar-refractivity contribution is 0.179. The van der Waals surface area contributed by atoms with Crippen LogP contribution in [0.25, 0.3) is 0 Å². The minimum absolute atomic E-state index is 0.0186. The van der Waals surface area contributed by atoms with Crippen LogP contribution in [-0.2, 0) is 22.7 Å². The van der Waals surface area contributed by atoms with Crippen molar-refractivity contribution in [2.75, 3.05) is 12.4 Å². The summed E-state index contributed by atoms with van der Waals surface area (Å²) >= 11 is 0. The van der Waals surface area contributed by atoms with E-state index in [2.05, 4.69) is 0 Å². The van der Waals surface area contributed by atoms with Crippen LogP contribution in [0.2, 0.25) is 0 Å². The molecule has 3 nitrogen and oxygen atoms in total. The second-order valence-corrected chi connectivity index (χ2v) is 7.86. The molecule has 1 N–H and O–H groups in total. The molecule has 1 aliphatic carbocycles. The molecule has 1 aromatic carbocycles. The van der Waals surface area contributed by atoms with Crippen LogP contribution in [0.1, 0.15) is 31.4 Å². The first-order chi connectivity index (χ1) is 8.34. The van der Waals surface area contributed by atoms with Crippen molar-refractivity contribution in [1.29, 1.82) is 0 Å². The molecule has 1 aromatic rings. The highest BCUT2D eigenvalue weighted by atomic mass is 32.2. The maximum absolute atomic E-state index is 12.3. The first kappa shape index (κ1) is 13.6. The third kappa shape index (κ3) is 2.75. The molecule has 4 heteroatoms. The lowest BCUT2D eigenvalue weighted by Gasteiger charge is -2.21. The fourth-order valence-electron chi connectivity index (χ4n) is 2.39. The van der Waals surface area contributed by atoms with Crippen molar-refractivity contribution in [2.45, 2.75) is 38.0 Å². The van der Waals surface area contributed by atoms with Crippen LogP contribution in [0.15, 0.2) is 23.1 Å². The summed E-state index contributed by atoms with van der Waals surface area (Å²) in [5, 5.41) is 9.19. The molecule has 2 rings (SSSR count). The molecule has 0 amide bonds. The van der Waals surface area contributed by atoms with Crippen LogP contribution in [0.3, 0.4) is 0 Å². The number of sulfone groups is 1. The number of aliphatic hydroxyl groups excluding tert-OH is 1. The second kappa shape index (κ2) is 4.67. The zero-order valence-electron chi connectivity index (χ0n) is 10.9. The van der Waals surface area contributed by atoms with E-state index >= 15 is 0 Å². The zero-order valence-corrected chi connectivity index (χ0v) is 11.8. The lowest BCUT2D eigenvalue weighted by atomic mass is 9.98. The van der Waals surface area contributed by atoms with Crippen molar-refractivity contribution in [3.8, 4) is 0 Å². The number of hydrogen-bond donors (Lipinski definition) is 1. The summed E-state index contributed by atoms with van der Waals surface area (Å²) in [6, 6.07) is 5.44. The van der Waals surface area contributed by atoms with E-state index in [4.69, 9.17) is 0 Å². The maximum Gasteiger partial charge on any atom is 0.178 e. The molecule has 18 heavy (non-hydrogen) atoms. The van der Waals surface area contributed by atoms with Crippen LogP contribution < -0.4 is 0 Å². The minimum Gasteiger partial charge on any atom is -0.396 e. The highest BCUT2D eigenvalue weighted by Gasteiger charge is 2.27. The number of fused-ring (bicyclic) bond motifs is 1. The van der Waals surface area contributed by atoms with Gasteiger partial charge in [0, 0.05) is 12.0 Å². The first-order valence-corrected chi connectivity index (χ1v) is 7.95. The van der Waals surface area contributed by atoms with Crippen molar-refractivity contribution in [1.82, 2.24) is 0 Å². The van der Waals surface area contributed by atoms with Gasteiger partial charge in [0.2, 0.25) is 0 Å². The summed E-state index contributed by atoms with van der Waals surface area (Å²) in [7, 11) is -3.31. The topological polar surface area (TPSA) is 54.4 Å². The van der Waals surface area contributed by atoms with Gasteiger partial charge in [0.25, 0.3) is 0 Å². The van der Waals surface area contributed by atoms with Gasteiger partial charge in [-0.1, -0.05) is 19.9 Å². The van der Waals surface area contributed by atoms with Gasteiger partial charge in [0.05, 0.1) is 10.6 Å². The van der Waals surface area contributed by atoms with Crippen LogP contribution in [0.4, 0.5) is 0 Å². The van der Waals surface area contributed by atoms with Crippen LogP contribution in [0.5, 0.6) is 0 Å². The lowest BCUT2D eigenvalue weighted by Crippen LogP contribution is -2.27. The van der Waals surface area contributed by atoms with Crippen molar-refractivity contribution in [3.63, 3.8) is 0 Å². The van der Waals surface area contributed by atoms with E-state index in [0.29, 0.717) is 4.90 Å². The molecule has 0 unspecified atom stereocenters. The number of benzene rings is 1. The molecule has 0 bridgehead atoms. The Morgan fingerprint density at radius 2 is 1.89 bits per heavy atom. The van der Waals surface area contributed by atoms with E-state index < -0.39 is 15.3 Å². The number of aliphatic hydroxyl groups is 1. The SMILES string of the molecule is CC(C)(CO)CS(=O)(=O)c1ccc2c(c1)CCC2. The van der Waals surface area contributed by atoms with Gasteiger partial charge >= 0.3 is 0 Å². The van der Waals surface area contributed by atoms with Gasteiger partial charge in [0.1, 0.15) is 0 Å². The molecule has 0 aliphatic heterocycles. The van der Waals surface area contributed by atoms with E-state index in [1.807, 2.05) is 12.1 Å². The average Bonchev–Trinajstić information content (AvgIpc) is 2.74. The molecule has 0 fully saturated rings. The van der Waals surface area contributed by atoms with Gasteiger partial charge < -0.3 is 5.11 Å². The summed E-state index contributed by atoms with van der Waals surface area (Å²) < 4.78 is 24.6. The summed E-state index contributed by atoms with van der Waals surface area (Å²) in [5.74, 6) is -0.0186. The number of aryl methyl sites for hydroxylation is 2. The number of hydrogen-bond acceptors (Lipinski definition) is 3. The Balaban J connectivity index is 2.31. The monoisotopic (exact) mass is 268 g/mol. The Labute approximate surface area is 109 Å². The van der Waals surface area contributed by atoms with E-state index in [9.17, 15) is 13.5 Å². The highest BCUT2D eigenvalue weighted by Crippen LogP contribution is 2.27. The predicted octanol–water partition coefficient (Wildman–Crippen LogP) is 1.97. The molecule has 0 heterocycles. The Kier molecular flexibility index (Phi) is 3.52. The summed E-state index contributed by atoms with van der Waals surface area (Å²) in [6.45, 7) is 3.40. The van der Waals surface area contributed by atoms with E-state index in [1.165, 1.54) is 5.56 Å². The molecule has 0 radical (unpaired) electrons. The maximum atomic E-state index is 12.3. The van der Waals surface area contributed by atoms with Gasteiger partial charge in [-0.25, -0.2) is 8.42 Å². The fraction of sp³-hybridized carbons (Fsp3) is 0.571. The Morgan fingerprint density at radius 3 is 2.56 bits per heavy atom. The third-order valence-electron chi connectivity index (χ3n) is 3.44. The zero-order chi connectivity index (χ0) is 13.4. The molecule has 0 spiro atoms. The Hall–Kier alpha value is -0.870. The van der Waals surface area contributed by atoms with E-state index in [1.54, 1.807) is 19.9 Å².